The van der Waals surface area contributed by atoms with Crippen molar-refractivity contribution in [3.63, 3.8) is 0 Å². The average Bonchev–Trinajstić information content (AvgIpc) is 3.38. The Bertz CT molecular complexity index is 1230. The summed E-state index contributed by atoms with van der Waals surface area (Å²) in [5, 5.41) is 6.27. The minimum atomic E-state index is -0.228. The van der Waals surface area contributed by atoms with E-state index in [2.05, 4.69) is 27.9 Å². The standard InChI is InChI=1S/C25H22N4O/c1-18(30)29-24(16-22(27-29)20-12-6-3-7-13-20)25-26-21-14-8-9-15-23(21)28(25)17-19-10-4-2-5-11-19/h2-15,24H,16-17H2,1H3/t24-/m0/s1. The first kappa shape index (κ1) is 18.3. The van der Waals surface area contributed by atoms with Crippen LogP contribution < -0.4 is 0 Å². The van der Waals surface area contributed by atoms with Crippen LogP contribution >= 0.6 is 0 Å². The largest absolute Gasteiger partial charge is 0.322 e. The molecule has 0 fully saturated rings. The Hall–Kier alpha value is -3.73. The molecule has 0 saturated heterocycles. The number of para-hydroxylation sites is 2. The van der Waals surface area contributed by atoms with Crippen LogP contribution in [0, 0.1) is 0 Å². The molecule has 5 heteroatoms. The Labute approximate surface area is 175 Å². The van der Waals surface area contributed by atoms with Crippen LogP contribution in [0.1, 0.15) is 36.3 Å². The van der Waals surface area contributed by atoms with E-state index in [1.54, 1.807) is 11.9 Å². The Balaban J connectivity index is 1.60. The Morgan fingerprint density at radius 2 is 1.60 bits per heavy atom. The first-order valence-corrected chi connectivity index (χ1v) is 10.1. The fourth-order valence-electron chi connectivity index (χ4n) is 4.09. The van der Waals surface area contributed by atoms with E-state index in [1.165, 1.54) is 5.56 Å². The zero-order chi connectivity index (χ0) is 20.5. The van der Waals surface area contributed by atoms with Crippen molar-refractivity contribution >= 4 is 22.7 Å². The molecular weight excluding hydrogens is 372 g/mol. The van der Waals surface area contributed by atoms with Crippen LogP contribution in [0.2, 0.25) is 0 Å². The van der Waals surface area contributed by atoms with E-state index < -0.39 is 0 Å². The summed E-state index contributed by atoms with van der Waals surface area (Å²) in [6.07, 6.45) is 0.641. The number of hydrogen-bond donors (Lipinski definition) is 0. The van der Waals surface area contributed by atoms with E-state index in [1.807, 2.05) is 66.7 Å². The highest BCUT2D eigenvalue weighted by Gasteiger charge is 2.35. The number of hydrazone groups is 1. The van der Waals surface area contributed by atoms with E-state index in [0.717, 1.165) is 28.1 Å². The van der Waals surface area contributed by atoms with Gasteiger partial charge in [0.25, 0.3) is 0 Å². The summed E-state index contributed by atoms with van der Waals surface area (Å²) in [5.74, 6) is 0.786. The average molecular weight is 394 g/mol. The van der Waals surface area contributed by atoms with Crippen molar-refractivity contribution in [1.82, 2.24) is 14.6 Å². The third kappa shape index (κ3) is 3.28. The third-order valence-electron chi connectivity index (χ3n) is 5.51. The molecule has 0 unspecified atom stereocenters. The minimum Gasteiger partial charge on any atom is -0.322 e. The number of amides is 1. The zero-order valence-corrected chi connectivity index (χ0v) is 16.8. The second-order valence-electron chi connectivity index (χ2n) is 7.53. The molecule has 0 bridgehead atoms. The minimum absolute atomic E-state index is 0.0794. The Morgan fingerprint density at radius 1 is 0.933 bits per heavy atom. The van der Waals surface area contributed by atoms with Gasteiger partial charge in [-0.2, -0.15) is 5.10 Å². The summed E-state index contributed by atoms with van der Waals surface area (Å²) in [4.78, 5) is 17.4. The summed E-state index contributed by atoms with van der Waals surface area (Å²) >= 11 is 0. The number of nitrogens with zero attached hydrogens (tertiary/aromatic N) is 4. The molecule has 0 spiro atoms. The molecule has 148 valence electrons. The molecule has 1 aliphatic heterocycles. The molecule has 1 aromatic heterocycles. The van der Waals surface area contributed by atoms with E-state index in [9.17, 15) is 4.79 Å². The van der Waals surface area contributed by atoms with Crippen LogP contribution in [0.4, 0.5) is 0 Å². The molecular formula is C25H22N4O. The van der Waals surface area contributed by atoms with Gasteiger partial charge in [-0.1, -0.05) is 72.8 Å². The highest BCUT2D eigenvalue weighted by molar-refractivity contribution is 6.03. The van der Waals surface area contributed by atoms with Gasteiger partial charge in [0.15, 0.2) is 0 Å². The van der Waals surface area contributed by atoms with Crippen molar-refractivity contribution in [1.29, 1.82) is 0 Å². The lowest BCUT2D eigenvalue weighted by Crippen LogP contribution is -2.27. The number of hydrogen-bond acceptors (Lipinski definition) is 3. The van der Waals surface area contributed by atoms with Gasteiger partial charge >= 0.3 is 0 Å². The summed E-state index contributed by atoms with van der Waals surface area (Å²) in [5.41, 5.74) is 5.14. The van der Waals surface area contributed by atoms with Crippen molar-refractivity contribution < 1.29 is 4.79 Å². The van der Waals surface area contributed by atoms with Crippen molar-refractivity contribution in [2.75, 3.05) is 0 Å². The van der Waals surface area contributed by atoms with Gasteiger partial charge in [0.2, 0.25) is 5.91 Å². The molecule has 1 aliphatic rings. The van der Waals surface area contributed by atoms with Crippen molar-refractivity contribution in [3.05, 3.63) is 102 Å². The van der Waals surface area contributed by atoms with E-state index >= 15 is 0 Å². The summed E-state index contributed by atoms with van der Waals surface area (Å²) in [7, 11) is 0. The summed E-state index contributed by atoms with van der Waals surface area (Å²) < 4.78 is 2.22. The van der Waals surface area contributed by atoms with Crippen LogP contribution in [-0.2, 0) is 11.3 Å². The second-order valence-corrected chi connectivity index (χ2v) is 7.53. The normalized spacial score (nSPS) is 16.1. The first-order chi connectivity index (χ1) is 14.7. The molecule has 1 atom stereocenters. The highest BCUT2D eigenvalue weighted by Crippen LogP contribution is 2.34. The first-order valence-electron chi connectivity index (χ1n) is 10.1. The predicted molar refractivity (Wildman–Crippen MR) is 118 cm³/mol. The lowest BCUT2D eigenvalue weighted by Gasteiger charge is -2.21. The molecule has 3 aromatic carbocycles. The van der Waals surface area contributed by atoms with Gasteiger partial charge in [0.1, 0.15) is 11.9 Å². The van der Waals surface area contributed by atoms with Crippen LogP contribution in [0.15, 0.2) is 90.0 Å². The summed E-state index contributed by atoms with van der Waals surface area (Å²) in [6, 6.07) is 28.3. The van der Waals surface area contributed by atoms with Crippen molar-refractivity contribution in [2.24, 2.45) is 5.10 Å². The third-order valence-corrected chi connectivity index (χ3v) is 5.51. The zero-order valence-electron chi connectivity index (χ0n) is 16.8. The maximum absolute atomic E-state index is 12.5. The van der Waals surface area contributed by atoms with Gasteiger partial charge in [-0.25, -0.2) is 9.99 Å². The molecule has 30 heavy (non-hydrogen) atoms. The second kappa shape index (κ2) is 7.59. The molecule has 2 heterocycles. The van der Waals surface area contributed by atoms with E-state index in [0.29, 0.717) is 13.0 Å². The number of carbonyl (C=O) groups is 1. The Kier molecular flexibility index (Phi) is 4.64. The van der Waals surface area contributed by atoms with Gasteiger partial charge < -0.3 is 4.57 Å². The molecule has 5 nitrogen and oxygen atoms in total. The molecule has 0 saturated carbocycles. The molecule has 0 aliphatic carbocycles. The number of rotatable bonds is 4. The highest BCUT2D eigenvalue weighted by atomic mass is 16.2. The quantitative estimate of drug-likeness (QED) is 0.500. The summed E-state index contributed by atoms with van der Waals surface area (Å²) in [6.45, 7) is 2.26. The topological polar surface area (TPSA) is 50.5 Å². The molecule has 4 aromatic rings. The van der Waals surface area contributed by atoms with Crippen LogP contribution in [-0.4, -0.2) is 26.2 Å². The maximum Gasteiger partial charge on any atom is 0.240 e. The van der Waals surface area contributed by atoms with E-state index in [-0.39, 0.29) is 11.9 Å². The van der Waals surface area contributed by atoms with Crippen molar-refractivity contribution in [2.45, 2.75) is 25.9 Å². The van der Waals surface area contributed by atoms with Crippen molar-refractivity contribution in [3.8, 4) is 0 Å². The lowest BCUT2D eigenvalue weighted by atomic mass is 10.0. The van der Waals surface area contributed by atoms with Crippen LogP contribution in [0.3, 0.4) is 0 Å². The lowest BCUT2D eigenvalue weighted by molar-refractivity contribution is -0.130. The van der Waals surface area contributed by atoms with Crippen LogP contribution in [0.25, 0.3) is 11.0 Å². The number of fused-ring (bicyclic) bond motifs is 1. The SMILES string of the molecule is CC(=O)N1N=C(c2ccccc2)C[C@H]1c1nc2ccccc2n1Cc1ccccc1. The number of aromatic nitrogens is 2. The van der Waals surface area contributed by atoms with Gasteiger partial charge in [-0.3, -0.25) is 4.79 Å². The molecule has 0 radical (unpaired) electrons. The fourth-order valence-corrected chi connectivity index (χ4v) is 4.09. The molecule has 0 N–H and O–H groups in total. The number of imidazole rings is 1. The smallest absolute Gasteiger partial charge is 0.240 e. The van der Waals surface area contributed by atoms with E-state index in [4.69, 9.17) is 4.98 Å². The van der Waals surface area contributed by atoms with Crippen LogP contribution in [0.5, 0.6) is 0 Å². The molecule has 5 rings (SSSR count). The van der Waals surface area contributed by atoms with Gasteiger partial charge in [0, 0.05) is 19.9 Å². The van der Waals surface area contributed by atoms with Gasteiger partial charge in [-0.05, 0) is 23.3 Å². The number of benzene rings is 3. The van der Waals surface area contributed by atoms with Gasteiger partial charge in [0.05, 0.1) is 16.7 Å². The van der Waals surface area contributed by atoms with Gasteiger partial charge in [-0.15, -0.1) is 0 Å². The monoisotopic (exact) mass is 394 g/mol. The number of carbonyl (C=O) groups excluding carboxylic acids is 1. The maximum atomic E-state index is 12.5. The Morgan fingerprint density at radius 3 is 2.33 bits per heavy atom. The predicted octanol–water partition coefficient (Wildman–Crippen LogP) is 4.78. The molecule has 1 amide bonds. The fraction of sp³-hybridized carbons (Fsp3) is 0.160.